The summed E-state index contributed by atoms with van der Waals surface area (Å²) in [5, 5.41) is 8.95. The Kier molecular flexibility index (Phi) is 3.84. The van der Waals surface area contributed by atoms with Crippen molar-refractivity contribution in [1.29, 1.82) is 5.41 Å². The molecule has 0 aliphatic carbocycles. The lowest BCUT2D eigenvalue weighted by atomic mass is 10.4. The fourth-order valence-corrected chi connectivity index (χ4v) is 0.241. The molecule has 3 heteroatoms. The summed E-state index contributed by atoms with van der Waals surface area (Å²) in [6.07, 6.45) is 2.61. The van der Waals surface area contributed by atoms with Gasteiger partial charge in [0, 0.05) is 12.4 Å². The average molecular weight is 116 g/mol. The summed E-state index contributed by atoms with van der Waals surface area (Å²) < 4.78 is 11.3. The second-order valence-electron chi connectivity index (χ2n) is 1.37. The molecule has 2 N–H and O–H groups in total. The standard InChI is InChI=1S/C5H9FN2/c1-5(2-7)3-8-4-6/h2-3,7-8H,4H2,1H3/b5-3-,7-2?. The molecule has 0 fully saturated rings. The molecule has 0 spiro atoms. The van der Waals surface area contributed by atoms with E-state index in [9.17, 15) is 4.39 Å². The Morgan fingerprint density at radius 1 is 1.88 bits per heavy atom. The molecule has 0 amide bonds. The summed E-state index contributed by atoms with van der Waals surface area (Å²) in [6, 6.07) is 0. The molecule has 0 saturated carbocycles. The SMILES string of the molecule is C/C(C=N)=C/NCF. The minimum absolute atomic E-state index is 0.578. The van der Waals surface area contributed by atoms with Crippen LogP contribution in [0.3, 0.4) is 0 Å². The number of halogens is 1. The van der Waals surface area contributed by atoms with Crippen LogP contribution < -0.4 is 5.32 Å². The Hall–Kier alpha value is -0.860. The lowest BCUT2D eigenvalue weighted by molar-refractivity contribution is 0.464. The molecular weight excluding hydrogens is 107 g/mol. The predicted octanol–water partition coefficient (Wildman–Crippen LogP) is 1.06. The largest absolute Gasteiger partial charge is 0.364 e. The van der Waals surface area contributed by atoms with Gasteiger partial charge in [-0.15, -0.1) is 0 Å². The Morgan fingerprint density at radius 2 is 2.50 bits per heavy atom. The summed E-state index contributed by atoms with van der Waals surface area (Å²) in [7, 11) is 0. The van der Waals surface area contributed by atoms with Crippen LogP contribution in [0.5, 0.6) is 0 Å². The fraction of sp³-hybridized carbons (Fsp3) is 0.400. The molecule has 0 aromatic heterocycles. The molecule has 0 saturated heterocycles. The minimum Gasteiger partial charge on any atom is -0.364 e. The average Bonchev–Trinajstić information content (AvgIpc) is 1.83. The van der Waals surface area contributed by atoms with Gasteiger partial charge in [0.15, 0.2) is 6.80 Å². The van der Waals surface area contributed by atoms with Crippen LogP contribution >= 0.6 is 0 Å². The third-order valence-corrected chi connectivity index (χ3v) is 0.635. The quantitative estimate of drug-likeness (QED) is 0.419. The molecule has 0 unspecified atom stereocenters. The number of hydrogen-bond donors (Lipinski definition) is 2. The lowest BCUT2D eigenvalue weighted by Gasteiger charge is -1.89. The van der Waals surface area contributed by atoms with Crippen LogP contribution in [-0.2, 0) is 0 Å². The van der Waals surface area contributed by atoms with Crippen molar-refractivity contribution >= 4 is 6.21 Å². The third-order valence-electron chi connectivity index (χ3n) is 0.635. The molecule has 0 bridgehead atoms. The monoisotopic (exact) mass is 116 g/mol. The minimum atomic E-state index is -0.578. The molecular formula is C5H9FN2. The van der Waals surface area contributed by atoms with Crippen molar-refractivity contribution in [1.82, 2.24) is 5.32 Å². The Bertz CT molecular complexity index is 98.6. The molecule has 2 nitrogen and oxygen atoms in total. The molecule has 8 heavy (non-hydrogen) atoms. The van der Waals surface area contributed by atoms with E-state index in [1.807, 2.05) is 0 Å². The molecule has 0 aromatic carbocycles. The highest BCUT2D eigenvalue weighted by Gasteiger charge is 1.76. The predicted molar refractivity (Wildman–Crippen MR) is 31.7 cm³/mol. The molecule has 0 aliphatic rings. The van der Waals surface area contributed by atoms with Crippen molar-refractivity contribution in [3.05, 3.63) is 11.8 Å². The summed E-state index contributed by atoms with van der Waals surface area (Å²) in [5.41, 5.74) is 0.711. The van der Waals surface area contributed by atoms with Crippen LogP contribution in [0.2, 0.25) is 0 Å². The van der Waals surface area contributed by atoms with Crippen molar-refractivity contribution < 1.29 is 4.39 Å². The van der Waals surface area contributed by atoms with Gasteiger partial charge in [0.2, 0.25) is 0 Å². The highest BCUT2D eigenvalue weighted by Crippen LogP contribution is 1.80. The van der Waals surface area contributed by atoms with Gasteiger partial charge in [-0.1, -0.05) is 0 Å². The maximum atomic E-state index is 11.3. The summed E-state index contributed by atoms with van der Waals surface area (Å²) in [4.78, 5) is 0. The van der Waals surface area contributed by atoms with Gasteiger partial charge in [-0.05, 0) is 12.5 Å². The molecule has 0 aromatic rings. The van der Waals surface area contributed by atoms with Crippen LogP contribution in [0.1, 0.15) is 6.92 Å². The van der Waals surface area contributed by atoms with Crippen LogP contribution in [0, 0.1) is 5.41 Å². The summed E-state index contributed by atoms with van der Waals surface area (Å²) >= 11 is 0. The van der Waals surface area contributed by atoms with Gasteiger partial charge in [0.25, 0.3) is 0 Å². The summed E-state index contributed by atoms with van der Waals surface area (Å²) in [5.74, 6) is 0. The lowest BCUT2D eigenvalue weighted by Crippen LogP contribution is -2.01. The fourth-order valence-electron chi connectivity index (χ4n) is 0.241. The van der Waals surface area contributed by atoms with E-state index in [-0.39, 0.29) is 0 Å². The van der Waals surface area contributed by atoms with E-state index in [0.29, 0.717) is 5.57 Å². The van der Waals surface area contributed by atoms with E-state index in [0.717, 1.165) is 6.21 Å². The third kappa shape index (κ3) is 3.33. The van der Waals surface area contributed by atoms with Crippen molar-refractivity contribution in [3.8, 4) is 0 Å². The Morgan fingerprint density at radius 3 is 2.88 bits per heavy atom. The van der Waals surface area contributed by atoms with Gasteiger partial charge >= 0.3 is 0 Å². The zero-order valence-electron chi connectivity index (χ0n) is 4.74. The molecule has 0 heterocycles. The Balaban J connectivity index is 3.40. The highest BCUT2D eigenvalue weighted by molar-refractivity contribution is 5.74. The first-order valence-electron chi connectivity index (χ1n) is 2.28. The topological polar surface area (TPSA) is 35.9 Å². The van der Waals surface area contributed by atoms with Crippen molar-refractivity contribution in [2.45, 2.75) is 6.92 Å². The molecule has 46 valence electrons. The van der Waals surface area contributed by atoms with E-state index < -0.39 is 6.80 Å². The van der Waals surface area contributed by atoms with Crippen molar-refractivity contribution in [3.63, 3.8) is 0 Å². The maximum absolute atomic E-state index is 11.3. The second-order valence-corrected chi connectivity index (χ2v) is 1.37. The zero-order valence-corrected chi connectivity index (χ0v) is 4.74. The first-order chi connectivity index (χ1) is 3.81. The van der Waals surface area contributed by atoms with Gasteiger partial charge in [-0.25, -0.2) is 4.39 Å². The van der Waals surface area contributed by atoms with Crippen LogP contribution in [0.15, 0.2) is 11.8 Å². The van der Waals surface area contributed by atoms with E-state index >= 15 is 0 Å². The van der Waals surface area contributed by atoms with E-state index in [1.54, 1.807) is 6.92 Å². The first kappa shape index (κ1) is 7.14. The summed E-state index contributed by atoms with van der Waals surface area (Å²) in [6.45, 7) is 1.14. The van der Waals surface area contributed by atoms with Crippen LogP contribution in [0.25, 0.3) is 0 Å². The number of allylic oxidation sites excluding steroid dienone is 1. The van der Waals surface area contributed by atoms with Crippen molar-refractivity contribution in [2.75, 3.05) is 6.80 Å². The smallest absolute Gasteiger partial charge is 0.159 e. The number of hydrogen-bond acceptors (Lipinski definition) is 2. The van der Waals surface area contributed by atoms with Gasteiger partial charge in [-0.2, -0.15) is 0 Å². The van der Waals surface area contributed by atoms with Gasteiger partial charge in [0.1, 0.15) is 0 Å². The van der Waals surface area contributed by atoms with Gasteiger partial charge in [-0.3, -0.25) is 0 Å². The van der Waals surface area contributed by atoms with E-state index in [1.165, 1.54) is 6.20 Å². The van der Waals surface area contributed by atoms with Crippen molar-refractivity contribution in [2.24, 2.45) is 0 Å². The molecule has 0 radical (unpaired) electrons. The molecule has 0 atom stereocenters. The van der Waals surface area contributed by atoms with Gasteiger partial charge in [0.05, 0.1) is 0 Å². The second kappa shape index (κ2) is 4.30. The first-order valence-corrected chi connectivity index (χ1v) is 2.28. The number of rotatable bonds is 3. The molecule has 0 rings (SSSR count). The van der Waals surface area contributed by atoms with Crippen LogP contribution in [0.4, 0.5) is 4.39 Å². The highest BCUT2D eigenvalue weighted by atomic mass is 19.1. The maximum Gasteiger partial charge on any atom is 0.159 e. The zero-order chi connectivity index (χ0) is 6.41. The van der Waals surface area contributed by atoms with E-state index in [2.05, 4.69) is 5.32 Å². The van der Waals surface area contributed by atoms with E-state index in [4.69, 9.17) is 5.41 Å². The number of nitrogens with one attached hydrogen (secondary N) is 2. The Labute approximate surface area is 47.9 Å². The van der Waals surface area contributed by atoms with Gasteiger partial charge < -0.3 is 10.7 Å². The number of alkyl halides is 1. The normalized spacial score (nSPS) is 11.0. The van der Waals surface area contributed by atoms with Crippen LogP contribution in [-0.4, -0.2) is 13.0 Å². The molecule has 0 aliphatic heterocycles.